The van der Waals surface area contributed by atoms with Crippen molar-refractivity contribution in [2.45, 2.75) is 43.5 Å². The van der Waals surface area contributed by atoms with Gasteiger partial charge in [0.15, 0.2) is 0 Å². The summed E-state index contributed by atoms with van der Waals surface area (Å²) in [6, 6.07) is 6.30. The topological polar surface area (TPSA) is 78.4 Å². The van der Waals surface area contributed by atoms with Crippen LogP contribution in [0.5, 0.6) is 0 Å². The molecule has 2 rings (SSSR count). The van der Waals surface area contributed by atoms with Crippen molar-refractivity contribution in [1.29, 1.82) is 0 Å². The number of hydrogen-bond acceptors (Lipinski definition) is 3. The third-order valence-corrected chi connectivity index (χ3v) is 4.12. The molecule has 1 aliphatic carbocycles. The molecule has 0 bridgehead atoms. The molecule has 1 aliphatic rings. The molecule has 1 unspecified atom stereocenters. The van der Waals surface area contributed by atoms with Gasteiger partial charge in [0, 0.05) is 6.04 Å². The molecule has 1 saturated carbocycles. The van der Waals surface area contributed by atoms with Crippen LogP contribution in [0.4, 0.5) is 13.2 Å². The fourth-order valence-electron chi connectivity index (χ4n) is 2.69. The van der Waals surface area contributed by atoms with Crippen LogP contribution in [-0.2, 0) is 15.2 Å². The summed E-state index contributed by atoms with van der Waals surface area (Å²) in [6.45, 7) is -1.14. The molecule has 0 radical (unpaired) electrons. The molecule has 5 nitrogen and oxygen atoms in total. The van der Waals surface area contributed by atoms with Crippen molar-refractivity contribution in [3.63, 3.8) is 0 Å². The van der Waals surface area contributed by atoms with Gasteiger partial charge in [0.2, 0.25) is 5.60 Å². The van der Waals surface area contributed by atoms with E-state index in [1.54, 1.807) is 0 Å². The summed E-state index contributed by atoms with van der Waals surface area (Å²) in [5, 5.41) is 14.4. The molecule has 0 spiro atoms. The quantitative estimate of drug-likeness (QED) is 0.726. The van der Waals surface area contributed by atoms with E-state index < -0.39 is 35.7 Å². The van der Waals surface area contributed by atoms with Gasteiger partial charge < -0.3 is 15.7 Å². The summed E-state index contributed by atoms with van der Waals surface area (Å²) >= 11 is 0. The van der Waals surface area contributed by atoms with E-state index in [2.05, 4.69) is 5.32 Å². The highest BCUT2D eigenvalue weighted by Gasteiger charge is 2.55. The Morgan fingerprint density at radius 3 is 2.21 bits per heavy atom. The fourth-order valence-corrected chi connectivity index (χ4v) is 2.69. The monoisotopic (exact) mass is 344 g/mol. The normalized spacial score (nSPS) is 18.0. The zero-order chi connectivity index (χ0) is 17.8. The lowest BCUT2D eigenvalue weighted by Crippen LogP contribution is -2.53. The maximum absolute atomic E-state index is 13.3. The molecule has 0 aromatic heterocycles. The van der Waals surface area contributed by atoms with Crippen molar-refractivity contribution in [2.24, 2.45) is 0 Å². The molecule has 3 N–H and O–H groups in total. The van der Waals surface area contributed by atoms with Crippen LogP contribution in [0.25, 0.3) is 0 Å². The van der Waals surface area contributed by atoms with Gasteiger partial charge in [0.05, 0.1) is 6.54 Å². The van der Waals surface area contributed by atoms with E-state index in [0.717, 1.165) is 37.8 Å². The largest absolute Gasteiger partial charge is 0.423 e. The van der Waals surface area contributed by atoms with Crippen LogP contribution in [0, 0.1) is 0 Å². The highest BCUT2D eigenvalue weighted by molar-refractivity contribution is 6.35. The molecule has 2 amide bonds. The van der Waals surface area contributed by atoms with Gasteiger partial charge in [-0.2, -0.15) is 13.2 Å². The number of benzene rings is 1. The molecule has 1 aromatic carbocycles. The summed E-state index contributed by atoms with van der Waals surface area (Å²) in [5.41, 5.74) is -3.67. The summed E-state index contributed by atoms with van der Waals surface area (Å²) in [7, 11) is 0. The fraction of sp³-hybridized carbons (Fsp3) is 0.500. The van der Waals surface area contributed by atoms with E-state index in [1.807, 2.05) is 5.32 Å². The van der Waals surface area contributed by atoms with Crippen LogP contribution in [-0.4, -0.2) is 35.7 Å². The smallest absolute Gasteiger partial charge is 0.375 e. The molecule has 0 saturated heterocycles. The maximum Gasteiger partial charge on any atom is 0.423 e. The molecule has 132 valence electrons. The first-order valence-corrected chi connectivity index (χ1v) is 7.67. The third-order valence-electron chi connectivity index (χ3n) is 4.12. The van der Waals surface area contributed by atoms with Crippen molar-refractivity contribution in [2.75, 3.05) is 6.54 Å². The Labute approximate surface area is 137 Å². The summed E-state index contributed by atoms with van der Waals surface area (Å²) in [4.78, 5) is 23.5. The average molecular weight is 344 g/mol. The minimum Gasteiger partial charge on any atom is -0.375 e. The van der Waals surface area contributed by atoms with Gasteiger partial charge in [-0.3, -0.25) is 9.59 Å². The van der Waals surface area contributed by atoms with Crippen LogP contribution in [0.2, 0.25) is 0 Å². The molecule has 0 aliphatic heterocycles. The van der Waals surface area contributed by atoms with E-state index in [9.17, 15) is 27.9 Å². The van der Waals surface area contributed by atoms with Crippen molar-refractivity contribution in [3.05, 3.63) is 35.9 Å². The van der Waals surface area contributed by atoms with Gasteiger partial charge in [-0.1, -0.05) is 43.2 Å². The third kappa shape index (κ3) is 4.05. The summed E-state index contributed by atoms with van der Waals surface area (Å²) < 4.78 is 39.8. The van der Waals surface area contributed by atoms with Crippen molar-refractivity contribution < 1.29 is 27.9 Å². The van der Waals surface area contributed by atoms with Gasteiger partial charge >= 0.3 is 18.0 Å². The lowest BCUT2D eigenvalue weighted by Gasteiger charge is -2.31. The zero-order valence-electron chi connectivity index (χ0n) is 12.9. The predicted octanol–water partition coefficient (Wildman–Crippen LogP) is 1.61. The molecule has 1 atom stereocenters. The molecule has 8 heteroatoms. The Morgan fingerprint density at radius 2 is 1.67 bits per heavy atom. The minimum absolute atomic E-state index is 0.126. The average Bonchev–Trinajstić information content (AvgIpc) is 3.04. The van der Waals surface area contributed by atoms with Gasteiger partial charge in [-0.25, -0.2) is 0 Å². The van der Waals surface area contributed by atoms with Crippen molar-refractivity contribution >= 4 is 11.8 Å². The summed E-state index contributed by atoms with van der Waals surface area (Å²) in [5.74, 6) is -2.18. The van der Waals surface area contributed by atoms with Crippen LogP contribution in [0.3, 0.4) is 0 Å². The second-order valence-electron chi connectivity index (χ2n) is 5.86. The lowest BCUT2D eigenvalue weighted by molar-refractivity contribution is -0.264. The molecular weight excluding hydrogens is 325 g/mol. The van der Waals surface area contributed by atoms with Gasteiger partial charge in [0.25, 0.3) is 0 Å². The second kappa shape index (κ2) is 7.21. The molecule has 1 fully saturated rings. The number of alkyl halides is 3. The Kier molecular flexibility index (Phi) is 5.48. The number of nitrogens with one attached hydrogen (secondary N) is 2. The number of hydrogen-bond donors (Lipinski definition) is 3. The first-order chi connectivity index (χ1) is 11.2. The Bertz CT molecular complexity index is 586. The van der Waals surface area contributed by atoms with E-state index in [1.165, 1.54) is 18.2 Å². The molecule has 1 aromatic rings. The predicted molar refractivity (Wildman–Crippen MR) is 79.8 cm³/mol. The van der Waals surface area contributed by atoms with Gasteiger partial charge in [0.1, 0.15) is 0 Å². The van der Waals surface area contributed by atoms with Crippen LogP contribution in [0.15, 0.2) is 30.3 Å². The SMILES string of the molecule is O=C(NCC(O)(c1ccccc1)C(F)(F)F)C(=O)NC1CCCC1. The van der Waals surface area contributed by atoms with E-state index in [4.69, 9.17) is 0 Å². The number of aliphatic hydroxyl groups is 1. The van der Waals surface area contributed by atoms with E-state index in [-0.39, 0.29) is 6.04 Å². The van der Waals surface area contributed by atoms with E-state index in [0.29, 0.717) is 0 Å². The highest BCUT2D eigenvalue weighted by Crippen LogP contribution is 2.38. The minimum atomic E-state index is -5.01. The number of carbonyl (C=O) groups is 2. The molecule has 24 heavy (non-hydrogen) atoms. The zero-order valence-corrected chi connectivity index (χ0v) is 12.9. The number of rotatable bonds is 4. The number of carbonyl (C=O) groups excluding carboxylic acids is 2. The standard InChI is InChI=1S/C16H19F3N2O3/c17-16(18,19)15(24,11-6-2-1-3-7-11)10-20-13(22)14(23)21-12-8-4-5-9-12/h1-3,6-7,12,24H,4-5,8-10H2,(H,20,22)(H,21,23). The van der Waals surface area contributed by atoms with Gasteiger partial charge in [-0.15, -0.1) is 0 Å². The highest BCUT2D eigenvalue weighted by atomic mass is 19.4. The number of amides is 2. The molecular formula is C16H19F3N2O3. The van der Waals surface area contributed by atoms with Crippen molar-refractivity contribution in [1.82, 2.24) is 10.6 Å². The van der Waals surface area contributed by atoms with E-state index >= 15 is 0 Å². The Balaban J connectivity index is 2.02. The maximum atomic E-state index is 13.3. The van der Waals surface area contributed by atoms with Crippen LogP contribution >= 0.6 is 0 Å². The van der Waals surface area contributed by atoms with Crippen molar-refractivity contribution in [3.8, 4) is 0 Å². The summed E-state index contributed by atoms with van der Waals surface area (Å²) in [6.07, 6.45) is -1.64. The Hall–Kier alpha value is -2.09. The Morgan fingerprint density at radius 1 is 1.08 bits per heavy atom. The first kappa shape index (κ1) is 18.3. The number of halogens is 3. The second-order valence-corrected chi connectivity index (χ2v) is 5.86. The van der Waals surface area contributed by atoms with Crippen LogP contribution in [0.1, 0.15) is 31.2 Å². The lowest BCUT2D eigenvalue weighted by atomic mass is 9.93. The molecule has 0 heterocycles. The van der Waals surface area contributed by atoms with Crippen LogP contribution < -0.4 is 10.6 Å². The van der Waals surface area contributed by atoms with Gasteiger partial charge in [-0.05, 0) is 18.4 Å². The first-order valence-electron chi connectivity index (χ1n) is 7.67.